The van der Waals surface area contributed by atoms with Gasteiger partial charge in [0.05, 0.1) is 25.0 Å². The van der Waals surface area contributed by atoms with Crippen LogP contribution in [0.5, 0.6) is 0 Å². The molecule has 6 heteroatoms. The maximum absolute atomic E-state index is 13.0. The van der Waals surface area contributed by atoms with Crippen molar-refractivity contribution in [2.45, 2.75) is 207 Å². The Morgan fingerprint density at radius 1 is 0.438 bits per heavy atom. The molecule has 0 spiro atoms. The monoisotopic (exact) mass is 682 g/mol. The van der Waals surface area contributed by atoms with Crippen molar-refractivity contribution in [3.63, 3.8) is 0 Å². The van der Waals surface area contributed by atoms with Gasteiger partial charge >= 0.3 is 11.9 Å². The van der Waals surface area contributed by atoms with E-state index in [0.29, 0.717) is 13.2 Å². The van der Waals surface area contributed by atoms with Crippen molar-refractivity contribution in [1.82, 2.24) is 4.90 Å². The van der Waals surface area contributed by atoms with Crippen LogP contribution in [0, 0.1) is 11.8 Å². The maximum Gasteiger partial charge on any atom is 0.308 e. The number of carbonyl (C=O) groups excluding carboxylic acids is 2. The van der Waals surface area contributed by atoms with E-state index in [0.717, 1.165) is 116 Å². The van der Waals surface area contributed by atoms with Crippen LogP contribution in [0.15, 0.2) is 0 Å². The van der Waals surface area contributed by atoms with Crippen LogP contribution in [0.2, 0.25) is 0 Å². The fourth-order valence-corrected chi connectivity index (χ4v) is 6.61. The molecule has 6 nitrogen and oxygen atoms in total. The van der Waals surface area contributed by atoms with E-state index >= 15 is 0 Å². The number of aliphatic hydroxyl groups excluding tert-OH is 1. The number of unbranched alkanes of at least 4 members (excludes halogenated alkanes) is 17. The zero-order chi connectivity index (χ0) is 35.3. The van der Waals surface area contributed by atoms with Gasteiger partial charge in [0.25, 0.3) is 0 Å². The Morgan fingerprint density at radius 2 is 0.771 bits per heavy atom. The molecule has 0 aliphatic heterocycles. The van der Waals surface area contributed by atoms with Crippen LogP contribution in [0.1, 0.15) is 207 Å². The SMILES string of the molecule is CCCCCCCCC(CCCC)C(=O)OCCCCN(CCCCO)CCCCOC(=O)C(CCCCCC)CCCCCCCC. The molecule has 0 bridgehead atoms. The molecule has 1 N–H and O–H groups in total. The second-order valence-corrected chi connectivity index (χ2v) is 14.5. The molecule has 0 fully saturated rings. The first-order chi connectivity index (χ1) is 23.5. The van der Waals surface area contributed by atoms with E-state index in [1.807, 2.05) is 0 Å². The van der Waals surface area contributed by atoms with Crippen LogP contribution in [0.4, 0.5) is 0 Å². The first-order valence-corrected chi connectivity index (χ1v) is 21.2. The molecule has 0 saturated carbocycles. The van der Waals surface area contributed by atoms with E-state index in [-0.39, 0.29) is 30.4 Å². The zero-order valence-corrected chi connectivity index (χ0v) is 32.7. The Labute approximate surface area is 299 Å². The standard InChI is InChI=1S/C42H83NO5/c1-5-9-13-16-18-21-31-39(29-12-8-4)41(45)47-37-27-24-34-43(33-23-26-36-44)35-25-28-38-48-42(46)40(30-20-15-11-7-3)32-22-19-17-14-10-6-2/h39-40,44H,5-38H2,1-4H3. The number of nitrogens with zero attached hydrogens (tertiary/aromatic N) is 1. The number of rotatable bonds is 38. The molecule has 48 heavy (non-hydrogen) atoms. The predicted octanol–water partition coefficient (Wildman–Crippen LogP) is 11.6. The normalized spacial score (nSPS) is 12.8. The minimum Gasteiger partial charge on any atom is -0.465 e. The van der Waals surface area contributed by atoms with E-state index in [4.69, 9.17) is 9.47 Å². The lowest BCUT2D eigenvalue weighted by Gasteiger charge is -2.22. The highest BCUT2D eigenvalue weighted by molar-refractivity contribution is 5.72. The van der Waals surface area contributed by atoms with Crippen LogP contribution in [-0.2, 0) is 19.1 Å². The van der Waals surface area contributed by atoms with Crippen molar-refractivity contribution in [3.05, 3.63) is 0 Å². The molecule has 0 aromatic heterocycles. The first kappa shape index (κ1) is 46.9. The fourth-order valence-electron chi connectivity index (χ4n) is 6.61. The van der Waals surface area contributed by atoms with E-state index in [1.54, 1.807) is 0 Å². The molecule has 2 atom stereocenters. The lowest BCUT2D eigenvalue weighted by molar-refractivity contribution is -0.150. The number of carbonyl (C=O) groups is 2. The highest BCUT2D eigenvalue weighted by atomic mass is 16.5. The summed E-state index contributed by atoms with van der Waals surface area (Å²) < 4.78 is 11.6. The van der Waals surface area contributed by atoms with Crippen LogP contribution in [0.25, 0.3) is 0 Å². The molecule has 0 aliphatic rings. The Kier molecular flexibility index (Phi) is 36.2. The third-order valence-electron chi connectivity index (χ3n) is 9.90. The number of ether oxygens (including phenoxy) is 2. The van der Waals surface area contributed by atoms with E-state index in [9.17, 15) is 14.7 Å². The van der Waals surface area contributed by atoms with E-state index in [2.05, 4.69) is 32.6 Å². The quantitative estimate of drug-likeness (QED) is 0.0516. The highest BCUT2D eigenvalue weighted by Crippen LogP contribution is 2.22. The summed E-state index contributed by atoms with van der Waals surface area (Å²) >= 11 is 0. The van der Waals surface area contributed by atoms with Crippen LogP contribution in [-0.4, -0.2) is 61.4 Å². The van der Waals surface area contributed by atoms with Gasteiger partial charge in [0.1, 0.15) is 0 Å². The van der Waals surface area contributed by atoms with Gasteiger partial charge in [-0.3, -0.25) is 9.59 Å². The topological polar surface area (TPSA) is 76.1 Å². The molecule has 0 aromatic carbocycles. The van der Waals surface area contributed by atoms with Gasteiger partial charge in [-0.05, 0) is 83.8 Å². The molecular weight excluding hydrogens is 598 g/mol. The molecule has 0 rings (SSSR count). The maximum atomic E-state index is 13.0. The summed E-state index contributed by atoms with van der Waals surface area (Å²) in [5.41, 5.74) is 0. The van der Waals surface area contributed by atoms with E-state index in [1.165, 1.54) is 83.5 Å². The predicted molar refractivity (Wildman–Crippen MR) is 204 cm³/mol. The van der Waals surface area contributed by atoms with Gasteiger partial charge < -0.3 is 19.5 Å². The number of aliphatic hydroxyl groups is 1. The molecule has 0 saturated heterocycles. The summed E-state index contributed by atoms with van der Waals surface area (Å²) in [5, 5.41) is 9.29. The average molecular weight is 682 g/mol. The third kappa shape index (κ3) is 29.7. The second kappa shape index (κ2) is 37.1. The van der Waals surface area contributed by atoms with Crippen molar-refractivity contribution in [2.75, 3.05) is 39.5 Å². The first-order valence-electron chi connectivity index (χ1n) is 21.2. The fraction of sp³-hybridized carbons (Fsp3) is 0.952. The van der Waals surface area contributed by atoms with Crippen LogP contribution < -0.4 is 0 Å². The molecule has 0 radical (unpaired) electrons. The lowest BCUT2D eigenvalue weighted by atomic mass is 9.94. The summed E-state index contributed by atoms with van der Waals surface area (Å²) in [7, 11) is 0. The molecule has 0 aliphatic carbocycles. The Bertz CT molecular complexity index is 687. The molecule has 2 unspecified atom stereocenters. The van der Waals surface area contributed by atoms with Crippen molar-refractivity contribution < 1.29 is 24.2 Å². The summed E-state index contributed by atoms with van der Waals surface area (Å²) in [4.78, 5) is 28.3. The number of esters is 2. The minimum absolute atomic E-state index is 0.0153. The van der Waals surface area contributed by atoms with E-state index < -0.39 is 0 Å². The second-order valence-electron chi connectivity index (χ2n) is 14.5. The largest absolute Gasteiger partial charge is 0.465 e. The smallest absolute Gasteiger partial charge is 0.308 e. The van der Waals surface area contributed by atoms with Gasteiger partial charge in [0.2, 0.25) is 0 Å². The zero-order valence-electron chi connectivity index (χ0n) is 32.7. The summed E-state index contributed by atoms with van der Waals surface area (Å²) in [5.74, 6) is 0.168. The molecule has 0 heterocycles. The van der Waals surface area contributed by atoms with Gasteiger partial charge in [-0.2, -0.15) is 0 Å². The van der Waals surface area contributed by atoms with Crippen molar-refractivity contribution in [1.29, 1.82) is 0 Å². The molecule has 0 aromatic rings. The van der Waals surface area contributed by atoms with Crippen LogP contribution >= 0.6 is 0 Å². The summed E-state index contributed by atoms with van der Waals surface area (Å²) in [6.07, 6.45) is 31.5. The molecule has 286 valence electrons. The summed E-state index contributed by atoms with van der Waals surface area (Å²) in [6.45, 7) is 13.1. The van der Waals surface area contributed by atoms with Crippen molar-refractivity contribution in [2.24, 2.45) is 11.8 Å². The molecular formula is C42H83NO5. The van der Waals surface area contributed by atoms with Gasteiger partial charge in [-0.25, -0.2) is 0 Å². The Balaban J connectivity index is 4.50. The Morgan fingerprint density at radius 3 is 1.17 bits per heavy atom. The minimum atomic E-state index is 0.0153. The van der Waals surface area contributed by atoms with Gasteiger partial charge in [0.15, 0.2) is 0 Å². The van der Waals surface area contributed by atoms with Gasteiger partial charge in [0, 0.05) is 6.61 Å². The molecule has 0 amide bonds. The average Bonchev–Trinajstić information content (AvgIpc) is 3.09. The summed E-state index contributed by atoms with van der Waals surface area (Å²) in [6, 6.07) is 0. The number of hydrogen-bond donors (Lipinski definition) is 1. The van der Waals surface area contributed by atoms with Crippen LogP contribution in [0.3, 0.4) is 0 Å². The van der Waals surface area contributed by atoms with Crippen molar-refractivity contribution >= 4 is 11.9 Å². The Hall–Kier alpha value is -1.14. The lowest BCUT2D eigenvalue weighted by Crippen LogP contribution is -2.28. The number of hydrogen-bond acceptors (Lipinski definition) is 6. The van der Waals surface area contributed by atoms with Gasteiger partial charge in [-0.1, -0.05) is 143 Å². The van der Waals surface area contributed by atoms with Gasteiger partial charge in [-0.15, -0.1) is 0 Å². The third-order valence-corrected chi connectivity index (χ3v) is 9.90. The van der Waals surface area contributed by atoms with Crippen molar-refractivity contribution in [3.8, 4) is 0 Å². The highest BCUT2D eigenvalue weighted by Gasteiger charge is 2.20.